The number of hydrogen-bond acceptors (Lipinski definition) is 3. The van der Waals surface area contributed by atoms with Crippen molar-refractivity contribution in [3.05, 3.63) is 234 Å². The molecule has 6 aromatic carbocycles. The Morgan fingerprint density at radius 2 is 0.571 bits per heavy atom. The highest BCUT2D eigenvalue weighted by atomic mass is 32.1. The summed E-state index contributed by atoms with van der Waals surface area (Å²) >= 11 is 1.55. The van der Waals surface area contributed by atoms with E-state index in [0.29, 0.717) is 0 Å². The van der Waals surface area contributed by atoms with Crippen LogP contribution in [0, 0.1) is 0 Å². The van der Waals surface area contributed by atoms with Crippen LogP contribution >= 0.6 is 11.3 Å². The van der Waals surface area contributed by atoms with Crippen LogP contribution in [0.4, 0.5) is 0 Å². The van der Waals surface area contributed by atoms with E-state index in [1.165, 1.54) is 66.8 Å². The summed E-state index contributed by atoms with van der Waals surface area (Å²) in [6, 6.07) is 56.2. The fourth-order valence-electron chi connectivity index (χ4n) is 10.5. The van der Waals surface area contributed by atoms with Crippen molar-refractivity contribution in [1.29, 1.82) is 0 Å². The first-order valence-electron chi connectivity index (χ1n) is 17.2. The normalized spacial score (nSPS) is 24.1. The van der Waals surface area contributed by atoms with Crippen molar-refractivity contribution in [2.45, 2.75) is 34.9 Å². The molecule has 0 fully saturated rings. The molecule has 2 N–H and O–H groups in total. The molecule has 0 radical (unpaired) electrons. The second-order valence-electron chi connectivity index (χ2n) is 14.1. The van der Waals surface area contributed by atoms with Gasteiger partial charge in [0.25, 0.3) is 0 Å². The lowest BCUT2D eigenvalue weighted by molar-refractivity contribution is 0.119. The highest BCUT2D eigenvalue weighted by molar-refractivity contribution is 7.12. The van der Waals surface area contributed by atoms with E-state index in [9.17, 15) is 10.2 Å². The Balaban J connectivity index is 1.13. The van der Waals surface area contributed by atoms with Crippen molar-refractivity contribution in [3.8, 4) is 0 Å². The first kappa shape index (κ1) is 27.8. The first-order valence-corrected chi connectivity index (χ1v) is 18.0. The van der Waals surface area contributed by atoms with Gasteiger partial charge in [0.2, 0.25) is 0 Å². The predicted octanol–water partition coefficient (Wildman–Crippen LogP) is 9.50. The molecule has 6 aliphatic rings. The second-order valence-corrected chi connectivity index (χ2v) is 15.2. The highest BCUT2D eigenvalue weighted by Gasteiger charge is 2.58. The molecule has 1 heterocycles. The van der Waals surface area contributed by atoms with Gasteiger partial charge >= 0.3 is 0 Å². The van der Waals surface area contributed by atoms with Crippen LogP contribution in [-0.2, 0) is 10.8 Å². The Hall–Kier alpha value is -5.06. The average molecular weight is 649 g/mol. The van der Waals surface area contributed by atoms with Crippen molar-refractivity contribution in [2.75, 3.05) is 0 Å². The molecule has 7 aromatic rings. The lowest BCUT2D eigenvalue weighted by Crippen LogP contribution is -2.46. The van der Waals surface area contributed by atoms with Crippen LogP contribution in [0.25, 0.3) is 0 Å². The maximum absolute atomic E-state index is 13.0. The summed E-state index contributed by atoms with van der Waals surface area (Å²) < 4.78 is 0. The van der Waals surface area contributed by atoms with Crippen LogP contribution in [0.2, 0.25) is 0 Å². The van der Waals surface area contributed by atoms with E-state index in [1.807, 2.05) is 0 Å². The molecule has 13 rings (SSSR count). The summed E-state index contributed by atoms with van der Waals surface area (Å²) in [6.07, 6.45) is -1.73. The zero-order valence-electron chi connectivity index (χ0n) is 26.6. The van der Waals surface area contributed by atoms with Gasteiger partial charge in [-0.25, -0.2) is 0 Å². The molecule has 0 aliphatic heterocycles. The largest absolute Gasteiger partial charge is 0.386 e. The van der Waals surface area contributed by atoms with Crippen LogP contribution in [0.3, 0.4) is 0 Å². The Morgan fingerprint density at radius 1 is 0.347 bits per heavy atom. The molecule has 2 atom stereocenters. The van der Waals surface area contributed by atoms with E-state index in [0.717, 1.165) is 9.75 Å². The molecular formula is C46H32O2S. The minimum Gasteiger partial charge on any atom is -0.386 e. The second kappa shape index (κ2) is 9.77. The molecule has 2 unspecified atom stereocenters. The van der Waals surface area contributed by atoms with Crippen LogP contribution in [0.15, 0.2) is 158 Å². The lowest BCUT2D eigenvalue weighted by Gasteiger charge is -2.53. The van der Waals surface area contributed by atoms with Crippen LogP contribution in [0.1, 0.15) is 101 Å². The molecule has 2 nitrogen and oxygen atoms in total. The summed E-state index contributed by atoms with van der Waals surface area (Å²) in [4.78, 5) is 1.70. The maximum Gasteiger partial charge on any atom is 0.106 e. The van der Waals surface area contributed by atoms with Crippen LogP contribution < -0.4 is 0 Å². The van der Waals surface area contributed by atoms with Crippen molar-refractivity contribution in [1.82, 2.24) is 0 Å². The summed E-state index contributed by atoms with van der Waals surface area (Å²) in [7, 11) is 0. The SMILES string of the molecule is OC(c1ccc(C(O)C23c4ccccc4C(c4ccccc42)c2ccccc23)s1)C12c3ccccc3C(c3ccccc31)c1ccccc12. The average Bonchev–Trinajstić information content (AvgIpc) is 3.67. The van der Waals surface area contributed by atoms with Gasteiger partial charge in [0, 0.05) is 21.6 Å². The van der Waals surface area contributed by atoms with Crippen LogP contribution in [-0.4, -0.2) is 10.2 Å². The molecule has 0 saturated heterocycles. The van der Waals surface area contributed by atoms with Gasteiger partial charge in [-0.15, -0.1) is 11.3 Å². The van der Waals surface area contributed by atoms with E-state index in [-0.39, 0.29) is 11.8 Å². The smallest absolute Gasteiger partial charge is 0.106 e. The molecule has 6 aliphatic carbocycles. The fourth-order valence-corrected chi connectivity index (χ4v) is 11.6. The van der Waals surface area contributed by atoms with Crippen LogP contribution in [0.5, 0.6) is 0 Å². The molecule has 0 spiro atoms. The van der Waals surface area contributed by atoms with Crippen molar-refractivity contribution < 1.29 is 10.2 Å². The van der Waals surface area contributed by atoms with E-state index in [4.69, 9.17) is 0 Å². The zero-order valence-corrected chi connectivity index (χ0v) is 27.4. The van der Waals surface area contributed by atoms with Gasteiger partial charge in [0.15, 0.2) is 0 Å². The van der Waals surface area contributed by atoms with Gasteiger partial charge in [0.1, 0.15) is 12.2 Å². The molecule has 4 bridgehead atoms. The Morgan fingerprint density at radius 3 is 0.816 bits per heavy atom. The third kappa shape index (κ3) is 3.20. The predicted molar refractivity (Wildman–Crippen MR) is 195 cm³/mol. The van der Waals surface area contributed by atoms with E-state index >= 15 is 0 Å². The minimum atomic E-state index is -0.866. The topological polar surface area (TPSA) is 40.5 Å². The number of thiophene rings is 1. The van der Waals surface area contributed by atoms with E-state index in [1.54, 1.807) is 11.3 Å². The lowest BCUT2D eigenvalue weighted by atomic mass is 9.51. The van der Waals surface area contributed by atoms with Gasteiger partial charge < -0.3 is 10.2 Å². The Kier molecular flexibility index (Phi) is 5.55. The minimum absolute atomic E-state index is 0.138. The number of aliphatic hydroxyl groups is 2. The zero-order chi connectivity index (χ0) is 32.5. The molecule has 49 heavy (non-hydrogen) atoms. The number of aliphatic hydroxyl groups excluding tert-OH is 2. The van der Waals surface area contributed by atoms with Gasteiger partial charge in [-0.3, -0.25) is 0 Å². The summed E-state index contributed by atoms with van der Waals surface area (Å²) in [5.74, 6) is 0.276. The molecule has 0 amide bonds. The maximum atomic E-state index is 13.0. The van der Waals surface area contributed by atoms with E-state index < -0.39 is 23.0 Å². The quantitative estimate of drug-likeness (QED) is 0.200. The van der Waals surface area contributed by atoms with E-state index in [2.05, 4.69) is 158 Å². The number of benzene rings is 6. The summed E-state index contributed by atoms with van der Waals surface area (Å²) in [5, 5.41) is 26.0. The first-order chi connectivity index (χ1) is 24.2. The third-order valence-electron chi connectivity index (χ3n) is 12.2. The number of rotatable bonds is 4. The van der Waals surface area contributed by atoms with Crippen molar-refractivity contribution >= 4 is 11.3 Å². The van der Waals surface area contributed by atoms with Crippen molar-refractivity contribution in [3.63, 3.8) is 0 Å². The number of hydrogen-bond donors (Lipinski definition) is 2. The molecule has 1 aromatic heterocycles. The van der Waals surface area contributed by atoms with Gasteiger partial charge in [-0.05, 0) is 78.9 Å². The van der Waals surface area contributed by atoms with Gasteiger partial charge in [-0.2, -0.15) is 0 Å². The van der Waals surface area contributed by atoms with Gasteiger partial charge in [0.05, 0.1) is 10.8 Å². The summed E-state index contributed by atoms with van der Waals surface area (Å²) in [5.41, 5.74) is 13.0. The fraction of sp³-hybridized carbons (Fsp3) is 0.130. The molecule has 0 saturated carbocycles. The molecule has 3 heteroatoms. The molecule has 234 valence electrons. The third-order valence-corrected chi connectivity index (χ3v) is 13.4. The molecular weight excluding hydrogens is 617 g/mol. The van der Waals surface area contributed by atoms with Gasteiger partial charge in [-0.1, -0.05) is 146 Å². The Bertz CT molecular complexity index is 2090. The monoisotopic (exact) mass is 648 g/mol. The highest BCUT2D eigenvalue weighted by Crippen LogP contribution is 2.66. The van der Waals surface area contributed by atoms with Crippen molar-refractivity contribution in [2.24, 2.45) is 0 Å². The standard InChI is InChI=1S/C46H32O2S/c47-43(45-33-19-7-1-13-27(33)41(28-14-2-8-20-34(28)45)29-15-3-9-21-35(29)45)39-25-26-40(49-39)44(48)46-36-22-10-4-16-30(36)42(31-17-5-11-23-37(31)46)32-18-6-12-24-38(32)46/h1-26,41-44,47-48H. The Labute approximate surface area is 289 Å². The summed E-state index contributed by atoms with van der Waals surface area (Å²) in [6.45, 7) is 0.